The number of anilines is 1. The van der Waals surface area contributed by atoms with Gasteiger partial charge in [0.25, 0.3) is 0 Å². The molecule has 0 aliphatic rings. The number of methoxy groups -OCH3 is 1. The lowest BCUT2D eigenvalue weighted by Gasteiger charge is -2.08. The van der Waals surface area contributed by atoms with E-state index in [2.05, 4.69) is 5.32 Å². The molecule has 0 saturated carbocycles. The summed E-state index contributed by atoms with van der Waals surface area (Å²) in [4.78, 5) is 12.3. The maximum atomic E-state index is 12.3. The number of hydrogen-bond acceptors (Lipinski definition) is 3. The van der Waals surface area contributed by atoms with Crippen molar-refractivity contribution in [1.82, 2.24) is 0 Å². The van der Waals surface area contributed by atoms with Crippen LogP contribution in [0.1, 0.15) is 16.7 Å². The average Bonchev–Trinajstić information content (AvgIpc) is 2.94. The molecule has 5 heteroatoms. The van der Waals surface area contributed by atoms with Crippen LogP contribution in [0.25, 0.3) is 11.0 Å². The Labute approximate surface area is 145 Å². The number of ether oxygens (including phenoxy) is 1. The molecule has 0 fully saturated rings. The number of aryl methyl sites for hydroxylation is 2. The fourth-order valence-corrected chi connectivity index (χ4v) is 2.91. The highest BCUT2D eigenvalue weighted by Crippen LogP contribution is 2.29. The van der Waals surface area contributed by atoms with Gasteiger partial charge in [-0.2, -0.15) is 0 Å². The predicted molar refractivity (Wildman–Crippen MR) is 96.0 cm³/mol. The van der Waals surface area contributed by atoms with Gasteiger partial charge in [-0.25, -0.2) is 0 Å². The molecule has 1 N–H and O–H groups in total. The highest BCUT2D eigenvalue weighted by atomic mass is 35.5. The van der Waals surface area contributed by atoms with Crippen LogP contribution < -0.4 is 10.1 Å². The number of fused-ring (bicyclic) bond motifs is 1. The van der Waals surface area contributed by atoms with E-state index in [1.807, 2.05) is 26.0 Å². The Morgan fingerprint density at radius 1 is 1.25 bits per heavy atom. The number of nitrogens with one attached hydrogen (secondary N) is 1. The van der Waals surface area contributed by atoms with Crippen molar-refractivity contribution in [3.63, 3.8) is 0 Å². The van der Waals surface area contributed by atoms with E-state index in [9.17, 15) is 4.79 Å². The lowest BCUT2D eigenvalue weighted by Crippen LogP contribution is -2.14. The molecule has 0 saturated heterocycles. The van der Waals surface area contributed by atoms with E-state index >= 15 is 0 Å². The third kappa shape index (κ3) is 3.10. The van der Waals surface area contributed by atoms with Gasteiger partial charge >= 0.3 is 0 Å². The molecule has 124 valence electrons. The molecule has 0 bridgehead atoms. The SMILES string of the molecule is COc1ccc(NC(=O)Cc2coc3c(C)c(C)ccc23)cc1Cl. The lowest BCUT2D eigenvalue weighted by molar-refractivity contribution is -0.115. The molecule has 0 radical (unpaired) electrons. The zero-order valence-electron chi connectivity index (χ0n) is 13.8. The summed E-state index contributed by atoms with van der Waals surface area (Å²) in [5.74, 6) is 0.443. The molecule has 0 aliphatic carbocycles. The molecule has 24 heavy (non-hydrogen) atoms. The second-order valence-electron chi connectivity index (χ2n) is 5.72. The number of rotatable bonds is 4. The van der Waals surface area contributed by atoms with E-state index < -0.39 is 0 Å². The van der Waals surface area contributed by atoms with Gasteiger partial charge in [0.15, 0.2) is 0 Å². The van der Waals surface area contributed by atoms with Gasteiger partial charge in [0.05, 0.1) is 24.8 Å². The first kappa shape index (κ1) is 16.4. The highest BCUT2D eigenvalue weighted by Gasteiger charge is 2.13. The fraction of sp³-hybridized carbons (Fsp3) is 0.211. The zero-order chi connectivity index (χ0) is 17.3. The first-order valence-electron chi connectivity index (χ1n) is 7.59. The normalized spacial score (nSPS) is 10.8. The van der Waals surface area contributed by atoms with Gasteiger partial charge in [-0.3, -0.25) is 4.79 Å². The van der Waals surface area contributed by atoms with Crippen molar-refractivity contribution in [3.8, 4) is 5.75 Å². The fourth-order valence-electron chi connectivity index (χ4n) is 2.65. The van der Waals surface area contributed by atoms with Crippen LogP contribution >= 0.6 is 11.6 Å². The summed E-state index contributed by atoms with van der Waals surface area (Å²) >= 11 is 6.07. The molecule has 0 spiro atoms. The smallest absolute Gasteiger partial charge is 0.228 e. The Bertz CT molecular complexity index is 914. The van der Waals surface area contributed by atoms with Gasteiger partial charge in [-0.15, -0.1) is 0 Å². The van der Waals surface area contributed by atoms with Gasteiger partial charge in [0.1, 0.15) is 11.3 Å². The largest absolute Gasteiger partial charge is 0.495 e. The maximum absolute atomic E-state index is 12.3. The Balaban J connectivity index is 1.78. The lowest BCUT2D eigenvalue weighted by atomic mass is 10.0. The van der Waals surface area contributed by atoms with E-state index in [1.165, 1.54) is 5.56 Å². The van der Waals surface area contributed by atoms with Crippen LogP contribution in [-0.4, -0.2) is 13.0 Å². The summed E-state index contributed by atoms with van der Waals surface area (Å²) in [6, 6.07) is 9.17. The van der Waals surface area contributed by atoms with E-state index in [0.29, 0.717) is 16.5 Å². The Morgan fingerprint density at radius 2 is 2.04 bits per heavy atom. The molecule has 0 unspecified atom stereocenters. The van der Waals surface area contributed by atoms with Crippen molar-refractivity contribution < 1.29 is 13.9 Å². The summed E-state index contributed by atoms with van der Waals surface area (Å²) < 4.78 is 10.7. The van der Waals surface area contributed by atoms with E-state index in [0.717, 1.165) is 22.1 Å². The van der Waals surface area contributed by atoms with E-state index in [-0.39, 0.29) is 12.3 Å². The van der Waals surface area contributed by atoms with Crippen LogP contribution in [-0.2, 0) is 11.2 Å². The Hall–Kier alpha value is -2.46. The van der Waals surface area contributed by atoms with Crippen molar-refractivity contribution in [2.75, 3.05) is 12.4 Å². The summed E-state index contributed by atoms with van der Waals surface area (Å²) in [6.45, 7) is 4.06. The zero-order valence-corrected chi connectivity index (χ0v) is 14.5. The Kier molecular flexibility index (Phi) is 4.49. The predicted octanol–water partition coefficient (Wildman–Crippen LogP) is 4.89. The number of hydrogen-bond donors (Lipinski definition) is 1. The number of carbonyl (C=O) groups is 1. The number of furan rings is 1. The van der Waals surface area contributed by atoms with Crippen molar-refractivity contribution in [3.05, 3.63) is 58.3 Å². The molecular weight excluding hydrogens is 326 g/mol. The first-order valence-corrected chi connectivity index (χ1v) is 7.97. The molecule has 0 atom stereocenters. The second kappa shape index (κ2) is 6.57. The van der Waals surface area contributed by atoms with Crippen LogP contribution in [0.4, 0.5) is 5.69 Å². The topological polar surface area (TPSA) is 51.5 Å². The molecule has 3 aromatic rings. The van der Waals surface area contributed by atoms with Gasteiger partial charge in [0, 0.05) is 16.6 Å². The highest BCUT2D eigenvalue weighted by molar-refractivity contribution is 6.32. The van der Waals surface area contributed by atoms with Gasteiger partial charge in [-0.1, -0.05) is 23.7 Å². The minimum Gasteiger partial charge on any atom is -0.495 e. The standard InChI is InChI=1S/C19H18ClNO3/c1-11-4-6-15-13(10-24-19(15)12(11)2)8-18(22)21-14-5-7-17(23-3)16(20)9-14/h4-7,9-10H,8H2,1-3H3,(H,21,22). The average molecular weight is 344 g/mol. The maximum Gasteiger partial charge on any atom is 0.228 e. The number of amides is 1. The molecule has 3 rings (SSSR count). The minimum absolute atomic E-state index is 0.128. The van der Waals surface area contributed by atoms with Crippen LogP contribution in [0, 0.1) is 13.8 Å². The van der Waals surface area contributed by atoms with Crippen LogP contribution in [0.2, 0.25) is 5.02 Å². The molecule has 1 aromatic heterocycles. The third-order valence-corrected chi connectivity index (χ3v) is 4.42. The van der Waals surface area contributed by atoms with E-state index in [1.54, 1.807) is 31.6 Å². The van der Waals surface area contributed by atoms with Gasteiger partial charge in [0.2, 0.25) is 5.91 Å². The van der Waals surface area contributed by atoms with Crippen molar-refractivity contribution >= 4 is 34.2 Å². The third-order valence-electron chi connectivity index (χ3n) is 4.13. The molecule has 4 nitrogen and oxygen atoms in total. The first-order chi connectivity index (χ1) is 11.5. The molecule has 2 aromatic carbocycles. The minimum atomic E-state index is -0.128. The summed E-state index contributed by atoms with van der Waals surface area (Å²) in [7, 11) is 1.55. The van der Waals surface area contributed by atoms with Gasteiger partial charge in [-0.05, 0) is 43.2 Å². The van der Waals surface area contributed by atoms with Crippen LogP contribution in [0.5, 0.6) is 5.75 Å². The van der Waals surface area contributed by atoms with Crippen LogP contribution in [0.3, 0.4) is 0 Å². The monoisotopic (exact) mass is 343 g/mol. The number of halogens is 1. The Morgan fingerprint density at radius 3 is 2.75 bits per heavy atom. The van der Waals surface area contributed by atoms with Crippen molar-refractivity contribution in [1.29, 1.82) is 0 Å². The number of benzene rings is 2. The summed E-state index contributed by atoms with van der Waals surface area (Å²) in [6.07, 6.45) is 1.89. The van der Waals surface area contributed by atoms with E-state index in [4.69, 9.17) is 20.8 Å². The van der Waals surface area contributed by atoms with Gasteiger partial charge < -0.3 is 14.5 Å². The second-order valence-corrected chi connectivity index (χ2v) is 6.13. The molecular formula is C19H18ClNO3. The molecule has 1 amide bonds. The van der Waals surface area contributed by atoms with Crippen molar-refractivity contribution in [2.24, 2.45) is 0 Å². The molecule has 1 heterocycles. The quantitative estimate of drug-likeness (QED) is 0.733. The molecule has 0 aliphatic heterocycles. The summed E-state index contributed by atoms with van der Waals surface area (Å²) in [5.41, 5.74) is 4.60. The van der Waals surface area contributed by atoms with Crippen LogP contribution in [0.15, 0.2) is 41.0 Å². The summed E-state index contributed by atoms with van der Waals surface area (Å²) in [5, 5.41) is 4.27. The van der Waals surface area contributed by atoms with Crippen molar-refractivity contribution in [2.45, 2.75) is 20.3 Å². The number of carbonyl (C=O) groups excluding carboxylic acids is 1.